The first kappa shape index (κ1) is 8.91. The standard InChI is InChI=1S/C10H12O2S/c1-8-4-2-3-5-10(8)13(11)7-9-6-12-9/h2-5,9H,6-7H2,1H3/t9-,13?/m1/s1. The molecule has 13 heavy (non-hydrogen) atoms. The Morgan fingerprint density at radius 1 is 1.54 bits per heavy atom. The molecule has 0 amide bonds. The molecule has 70 valence electrons. The van der Waals surface area contributed by atoms with E-state index in [0.717, 1.165) is 17.1 Å². The van der Waals surface area contributed by atoms with E-state index in [1.54, 1.807) is 0 Å². The zero-order valence-electron chi connectivity index (χ0n) is 7.53. The quantitative estimate of drug-likeness (QED) is 0.686. The van der Waals surface area contributed by atoms with Crippen molar-refractivity contribution in [2.75, 3.05) is 12.4 Å². The van der Waals surface area contributed by atoms with Crippen LogP contribution in [0.4, 0.5) is 0 Å². The zero-order chi connectivity index (χ0) is 9.26. The number of ether oxygens (including phenoxy) is 1. The molecular formula is C10H12O2S. The highest BCUT2D eigenvalue weighted by Crippen LogP contribution is 2.17. The number of aryl methyl sites for hydroxylation is 1. The highest BCUT2D eigenvalue weighted by molar-refractivity contribution is 7.85. The number of hydrogen-bond acceptors (Lipinski definition) is 2. The zero-order valence-corrected chi connectivity index (χ0v) is 8.34. The minimum Gasteiger partial charge on any atom is -0.372 e. The van der Waals surface area contributed by atoms with Crippen LogP contribution in [-0.4, -0.2) is 22.7 Å². The van der Waals surface area contributed by atoms with E-state index in [1.807, 2.05) is 31.2 Å². The van der Waals surface area contributed by atoms with Gasteiger partial charge in [-0.25, -0.2) is 0 Å². The van der Waals surface area contributed by atoms with E-state index in [1.165, 1.54) is 0 Å². The van der Waals surface area contributed by atoms with Gasteiger partial charge in [0.2, 0.25) is 0 Å². The summed E-state index contributed by atoms with van der Waals surface area (Å²) in [6, 6.07) is 7.80. The summed E-state index contributed by atoms with van der Waals surface area (Å²) in [5.41, 5.74) is 1.10. The summed E-state index contributed by atoms with van der Waals surface area (Å²) in [4.78, 5) is 0.943. The monoisotopic (exact) mass is 196 g/mol. The molecule has 2 atom stereocenters. The second kappa shape index (κ2) is 3.60. The van der Waals surface area contributed by atoms with Crippen LogP contribution in [0.3, 0.4) is 0 Å². The van der Waals surface area contributed by atoms with Gasteiger partial charge in [-0.1, -0.05) is 18.2 Å². The fraction of sp³-hybridized carbons (Fsp3) is 0.400. The van der Waals surface area contributed by atoms with Gasteiger partial charge in [-0.2, -0.15) is 0 Å². The summed E-state index contributed by atoms with van der Waals surface area (Å²) in [7, 11) is -0.888. The van der Waals surface area contributed by atoms with E-state index in [0.29, 0.717) is 5.75 Å². The number of benzene rings is 1. The third-order valence-electron chi connectivity index (χ3n) is 2.08. The van der Waals surface area contributed by atoms with Gasteiger partial charge in [-0.3, -0.25) is 4.21 Å². The predicted molar refractivity (Wildman–Crippen MR) is 52.2 cm³/mol. The lowest BCUT2D eigenvalue weighted by Gasteiger charge is -2.03. The summed E-state index contributed by atoms with van der Waals surface area (Å²) in [6.45, 7) is 2.76. The van der Waals surface area contributed by atoms with Crippen molar-refractivity contribution >= 4 is 10.8 Å². The van der Waals surface area contributed by atoms with Crippen LogP contribution < -0.4 is 0 Å². The van der Waals surface area contributed by atoms with Crippen LogP contribution in [0.15, 0.2) is 29.2 Å². The Hall–Kier alpha value is -0.670. The van der Waals surface area contributed by atoms with Crippen molar-refractivity contribution < 1.29 is 8.95 Å². The van der Waals surface area contributed by atoms with Crippen molar-refractivity contribution in [2.24, 2.45) is 0 Å². The van der Waals surface area contributed by atoms with E-state index in [-0.39, 0.29) is 6.10 Å². The molecule has 0 radical (unpaired) electrons. The molecule has 1 unspecified atom stereocenters. The molecule has 1 fully saturated rings. The van der Waals surface area contributed by atoms with Crippen LogP contribution in [-0.2, 0) is 15.5 Å². The molecular weight excluding hydrogens is 184 g/mol. The first-order valence-electron chi connectivity index (χ1n) is 4.33. The Bertz CT molecular complexity index is 331. The van der Waals surface area contributed by atoms with Crippen molar-refractivity contribution in [1.29, 1.82) is 0 Å². The predicted octanol–water partition coefficient (Wildman–Crippen LogP) is 1.50. The summed E-state index contributed by atoms with van der Waals surface area (Å²) in [6.07, 6.45) is 0.237. The fourth-order valence-electron chi connectivity index (χ4n) is 1.23. The third-order valence-corrected chi connectivity index (χ3v) is 3.70. The van der Waals surface area contributed by atoms with Crippen LogP contribution in [0.25, 0.3) is 0 Å². The van der Waals surface area contributed by atoms with Crippen LogP contribution in [0.2, 0.25) is 0 Å². The number of hydrogen-bond donors (Lipinski definition) is 0. The van der Waals surface area contributed by atoms with Gasteiger partial charge < -0.3 is 4.74 Å². The molecule has 1 aromatic rings. The Balaban J connectivity index is 2.13. The summed E-state index contributed by atoms with van der Waals surface area (Å²) < 4.78 is 16.8. The lowest BCUT2D eigenvalue weighted by atomic mass is 10.2. The molecule has 1 saturated heterocycles. The summed E-state index contributed by atoms with van der Waals surface area (Å²) in [5, 5.41) is 0. The van der Waals surface area contributed by atoms with E-state index in [2.05, 4.69) is 0 Å². The highest BCUT2D eigenvalue weighted by atomic mass is 32.2. The van der Waals surface area contributed by atoms with Crippen LogP contribution in [0, 0.1) is 6.92 Å². The molecule has 1 aliphatic rings. The molecule has 1 heterocycles. The van der Waals surface area contributed by atoms with Crippen LogP contribution in [0.5, 0.6) is 0 Å². The summed E-state index contributed by atoms with van der Waals surface area (Å²) in [5.74, 6) is 0.644. The van der Waals surface area contributed by atoms with Gasteiger partial charge >= 0.3 is 0 Å². The number of epoxide rings is 1. The maximum Gasteiger partial charge on any atom is 0.0928 e. The molecule has 0 saturated carbocycles. The average Bonchev–Trinajstić information content (AvgIpc) is 2.89. The van der Waals surface area contributed by atoms with Gasteiger partial charge in [-0.05, 0) is 18.6 Å². The second-order valence-corrected chi connectivity index (χ2v) is 4.70. The van der Waals surface area contributed by atoms with Crippen LogP contribution >= 0.6 is 0 Å². The molecule has 1 aliphatic heterocycles. The molecule has 0 spiro atoms. The molecule has 2 nitrogen and oxygen atoms in total. The van der Waals surface area contributed by atoms with E-state index >= 15 is 0 Å². The molecule has 1 aromatic carbocycles. The lowest BCUT2D eigenvalue weighted by molar-refractivity contribution is 0.424. The van der Waals surface area contributed by atoms with Crippen molar-refractivity contribution in [2.45, 2.75) is 17.9 Å². The first-order valence-corrected chi connectivity index (χ1v) is 5.65. The minimum atomic E-state index is -0.888. The smallest absolute Gasteiger partial charge is 0.0928 e. The van der Waals surface area contributed by atoms with E-state index < -0.39 is 10.8 Å². The van der Waals surface area contributed by atoms with Crippen molar-refractivity contribution in [1.82, 2.24) is 0 Å². The molecule has 2 rings (SSSR count). The SMILES string of the molecule is Cc1ccccc1S(=O)C[C@H]1CO1. The second-order valence-electron chi connectivity index (χ2n) is 3.23. The summed E-state index contributed by atoms with van der Waals surface area (Å²) >= 11 is 0. The molecule has 3 heteroatoms. The van der Waals surface area contributed by atoms with Gasteiger partial charge in [0.1, 0.15) is 0 Å². The van der Waals surface area contributed by atoms with E-state index in [9.17, 15) is 4.21 Å². The van der Waals surface area contributed by atoms with Crippen molar-refractivity contribution in [3.05, 3.63) is 29.8 Å². The van der Waals surface area contributed by atoms with Crippen LogP contribution in [0.1, 0.15) is 5.56 Å². The van der Waals surface area contributed by atoms with Crippen molar-refractivity contribution in [3.63, 3.8) is 0 Å². The topological polar surface area (TPSA) is 29.6 Å². The Morgan fingerprint density at radius 2 is 2.23 bits per heavy atom. The van der Waals surface area contributed by atoms with Gasteiger partial charge in [0.05, 0.1) is 29.3 Å². The molecule has 0 aromatic heterocycles. The minimum absolute atomic E-state index is 0.237. The lowest BCUT2D eigenvalue weighted by Crippen LogP contribution is -2.05. The molecule has 0 aliphatic carbocycles. The maximum absolute atomic E-state index is 11.7. The first-order chi connectivity index (χ1) is 6.27. The molecule has 0 N–H and O–H groups in total. The van der Waals surface area contributed by atoms with Gasteiger partial charge in [0.25, 0.3) is 0 Å². The molecule has 0 bridgehead atoms. The average molecular weight is 196 g/mol. The van der Waals surface area contributed by atoms with Gasteiger partial charge in [-0.15, -0.1) is 0 Å². The third kappa shape index (κ3) is 2.17. The van der Waals surface area contributed by atoms with Crippen molar-refractivity contribution in [3.8, 4) is 0 Å². The largest absolute Gasteiger partial charge is 0.372 e. The maximum atomic E-state index is 11.7. The Labute approximate surface area is 80.4 Å². The fourth-order valence-corrected chi connectivity index (χ4v) is 2.60. The Morgan fingerprint density at radius 3 is 2.85 bits per heavy atom. The van der Waals surface area contributed by atoms with E-state index in [4.69, 9.17) is 4.74 Å². The number of rotatable bonds is 3. The Kier molecular flexibility index (Phi) is 2.47. The van der Waals surface area contributed by atoms with Gasteiger partial charge in [0, 0.05) is 4.90 Å². The highest BCUT2D eigenvalue weighted by Gasteiger charge is 2.25. The van der Waals surface area contributed by atoms with Gasteiger partial charge in [0.15, 0.2) is 0 Å². The normalized spacial score (nSPS) is 22.7.